The number of amides is 1. The summed E-state index contributed by atoms with van der Waals surface area (Å²) in [5.41, 5.74) is 1.19. The Kier molecular flexibility index (Phi) is 4.80. The fraction of sp³-hybridized carbons (Fsp3) is 0.533. The summed E-state index contributed by atoms with van der Waals surface area (Å²) < 4.78 is 5.49. The molecule has 1 amide bonds. The molecule has 0 aromatic heterocycles. The van der Waals surface area contributed by atoms with Crippen molar-refractivity contribution in [3.05, 3.63) is 29.8 Å². The lowest BCUT2D eigenvalue weighted by Crippen LogP contribution is -2.34. The first-order valence-electron chi connectivity index (χ1n) is 6.88. The van der Waals surface area contributed by atoms with Gasteiger partial charge in [0.2, 0.25) is 0 Å². The second kappa shape index (κ2) is 6.57. The van der Waals surface area contributed by atoms with Crippen LogP contribution in [-0.2, 0) is 11.3 Å². The molecule has 104 valence electrons. The summed E-state index contributed by atoms with van der Waals surface area (Å²) in [5.74, 6) is 0.658. The van der Waals surface area contributed by atoms with E-state index in [1.807, 2.05) is 32.0 Å². The van der Waals surface area contributed by atoms with Crippen molar-refractivity contribution < 1.29 is 9.53 Å². The van der Waals surface area contributed by atoms with Crippen molar-refractivity contribution in [3.63, 3.8) is 0 Å². The third-order valence-corrected chi connectivity index (χ3v) is 2.89. The third kappa shape index (κ3) is 5.30. The number of nitrogens with one attached hydrogen (secondary N) is 2. The molecule has 0 aliphatic heterocycles. The zero-order valence-corrected chi connectivity index (χ0v) is 11.6. The molecule has 1 aromatic carbocycles. The summed E-state index contributed by atoms with van der Waals surface area (Å²) in [6.45, 7) is 4.79. The van der Waals surface area contributed by atoms with Crippen molar-refractivity contribution in [2.45, 2.75) is 45.3 Å². The molecule has 1 fully saturated rings. The van der Waals surface area contributed by atoms with Gasteiger partial charge in [-0.15, -0.1) is 0 Å². The average Bonchev–Trinajstić information content (AvgIpc) is 3.18. The quantitative estimate of drug-likeness (QED) is 0.788. The van der Waals surface area contributed by atoms with Crippen LogP contribution in [0.1, 0.15) is 32.3 Å². The van der Waals surface area contributed by atoms with Crippen molar-refractivity contribution in [2.75, 3.05) is 6.61 Å². The number of carbonyl (C=O) groups is 1. The highest BCUT2D eigenvalue weighted by atomic mass is 16.5. The van der Waals surface area contributed by atoms with E-state index in [1.54, 1.807) is 0 Å². The van der Waals surface area contributed by atoms with Gasteiger partial charge in [0.05, 0.1) is 0 Å². The highest BCUT2D eigenvalue weighted by Crippen LogP contribution is 2.20. The maximum atomic E-state index is 11.5. The molecule has 4 nitrogen and oxygen atoms in total. The van der Waals surface area contributed by atoms with E-state index >= 15 is 0 Å². The van der Waals surface area contributed by atoms with Gasteiger partial charge in [-0.2, -0.15) is 0 Å². The Morgan fingerprint density at radius 3 is 2.89 bits per heavy atom. The molecule has 4 heteroatoms. The SMILES string of the molecule is CC(C)NC(=O)COc1cccc(CNC2CC2)c1. The minimum atomic E-state index is -0.0866. The number of hydrogen-bond acceptors (Lipinski definition) is 3. The predicted molar refractivity (Wildman–Crippen MR) is 75.1 cm³/mol. The lowest BCUT2D eigenvalue weighted by atomic mass is 10.2. The predicted octanol–water partition coefficient (Wildman–Crippen LogP) is 1.84. The van der Waals surface area contributed by atoms with Crippen LogP contribution >= 0.6 is 0 Å². The minimum absolute atomic E-state index is 0.0671. The Hall–Kier alpha value is -1.55. The van der Waals surface area contributed by atoms with Crippen LogP contribution in [0.15, 0.2) is 24.3 Å². The fourth-order valence-electron chi connectivity index (χ4n) is 1.81. The van der Waals surface area contributed by atoms with Crippen LogP contribution in [0.3, 0.4) is 0 Å². The van der Waals surface area contributed by atoms with Gasteiger partial charge in [-0.05, 0) is 44.4 Å². The Morgan fingerprint density at radius 2 is 2.21 bits per heavy atom. The second-order valence-corrected chi connectivity index (χ2v) is 5.31. The lowest BCUT2D eigenvalue weighted by Gasteiger charge is -2.10. The second-order valence-electron chi connectivity index (χ2n) is 5.31. The summed E-state index contributed by atoms with van der Waals surface area (Å²) >= 11 is 0. The summed E-state index contributed by atoms with van der Waals surface area (Å²) in [4.78, 5) is 11.5. The van der Waals surface area contributed by atoms with E-state index in [-0.39, 0.29) is 18.6 Å². The number of hydrogen-bond donors (Lipinski definition) is 2. The molecule has 1 saturated carbocycles. The van der Waals surface area contributed by atoms with E-state index in [0.717, 1.165) is 12.3 Å². The highest BCUT2D eigenvalue weighted by Gasteiger charge is 2.19. The Bertz CT molecular complexity index is 428. The van der Waals surface area contributed by atoms with Crippen LogP contribution in [0, 0.1) is 0 Å². The molecule has 0 radical (unpaired) electrons. The van der Waals surface area contributed by atoms with Gasteiger partial charge in [0.15, 0.2) is 6.61 Å². The molecule has 0 unspecified atom stereocenters. The van der Waals surface area contributed by atoms with Crippen molar-refractivity contribution >= 4 is 5.91 Å². The van der Waals surface area contributed by atoms with Crippen LogP contribution in [-0.4, -0.2) is 24.6 Å². The Labute approximate surface area is 114 Å². The number of rotatable bonds is 7. The zero-order valence-electron chi connectivity index (χ0n) is 11.6. The van der Waals surface area contributed by atoms with Gasteiger partial charge >= 0.3 is 0 Å². The number of benzene rings is 1. The van der Waals surface area contributed by atoms with Gasteiger partial charge < -0.3 is 15.4 Å². The van der Waals surface area contributed by atoms with Gasteiger partial charge in [-0.25, -0.2) is 0 Å². The maximum absolute atomic E-state index is 11.5. The molecule has 0 bridgehead atoms. The topological polar surface area (TPSA) is 50.4 Å². The number of carbonyl (C=O) groups excluding carboxylic acids is 1. The van der Waals surface area contributed by atoms with E-state index in [0.29, 0.717) is 6.04 Å². The highest BCUT2D eigenvalue weighted by molar-refractivity contribution is 5.77. The van der Waals surface area contributed by atoms with E-state index in [4.69, 9.17) is 4.74 Å². The molecule has 19 heavy (non-hydrogen) atoms. The van der Waals surface area contributed by atoms with E-state index in [1.165, 1.54) is 18.4 Å². The largest absolute Gasteiger partial charge is 0.484 e. The monoisotopic (exact) mass is 262 g/mol. The molecular formula is C15H22N2O2. The zero-order chi connectivity index (χ0) is 13.7. The number of ether oxygens (including phenoxy) is 1. The first kappa shape index (κ1) is 13.9. The van der Waals surface area contributed by atoms with Crippen molar-refractivity contribution in [3.8, 4) is 5.75 Å². The summed E-state index contributed by atoms with van der Waals surface area (Å²) in [7, 11) is 0. The summed E-state index contributed by atoms with van der Waals surface area (Å²) in [5, 5.41) is 6.26. The van der Waals surface area contributed by atoms with Crippen LogP contribution in [0.25, 0.3) is 0 Å². The standard InChI is InChI=1S/C15H22N2O2/c1-11(2)17-15(18)10-19-14-5-3-4-12(8-14)9-16-13-6-7-13/h3-5,8,11,13,16H,6-7,9-10H2,1-2H3,(H,17,18). The molecule has 0 spiro atoms. The molecule has 0 atom stereocenters. The normalized spacial score (nSPS) is 14.5. The third-order valence-electron chi connectivity index (χ3n) is 2.89. The van der Waals surface area contributed by atoms with E-state index in [9.17, 15) is 4.79 Å². The van der Waals surface area contributed by atoms with Gasteiger partial charge in [-0.3, -0.25) is 4.79 Å². The molecular weight excluding hydrogens is 240 g/mol. The van der Waals surface area contributed by atoms with Crippen LogP contribution in [0.5, 0.6) is 5.75 Å². The van der Waals surface area contributed by atoms with Gasteiger partial charge in [-0.1, -0.05) is 12.1 Å². The molecule has 0 heterocycles. The molecule has 2 rings (SSSR count). The summed E-state index contributed by atoms with van der Waals surface area (Å²) in [6, 6.07) is 8.73. The van der Waals surface area contributed by atoms with E-state index in [2.05, 4.69) is 16.7 Å². The first-order chi connectivity index (χ1) is 9.13. The maximum Gasteiger partial charge on any atom is 0.258 e. The first-order valence-corrected chi connectivity index (χ1v) is 6.88. The molecule has 1 aromatic rings. The van der Waals surface area contributed by atoms with Crippen molar-refractivity contribution in [1.82, 2.24) is 10.6 Å². The summed E-state index contributed by atoms with van der Waals surface area (Å²) in [6.07, 6.45) is 2.57. The average molecular weight is 262 g/mol. The van der Waals surface area contributed by atoms with Crippen LogP contribution < -0.4 is 15.4 Å². The van der Waals surface area contributed by atoms with Gasteiger partial charge in [0.25, 0.3) is 5.91 Å². The van der Waals surface area contributed by atoms with Gasteiger partial charge in [0.1, 0.15) is 5.75 Å². The van der Waals surface area contributed by atoms with E-state index < -0.39 is 0 Å². The molecule has 1 aliphatic carbocycles. The van der Waals surface area contributed by atoms with Crippen molar-refractivity contribution in [2.24, 2.45) is 0 Å². The lowest BCUT2D eigenvalue weighted by molar-refractivity contribution is -0.123. The minimum Gasteiger partial charge on any atom is -0.484 e. The van der Waals surface area contributed by atoms with Crippen LogP contribution in [0.2, 0.25) is 0 Å². The Balaban J connectivity index is 1.78. The van der Waals surface area contributed by atoms with Crippen LogP contribution in [0.4, 0.5) is 0 Å². The van der Waals surface area contributed by atoms with Crippen molar-refractivity contribution in [1.29, 1.82) is 0 Å². The molecule has 1 aliphatic rings. The Morgan fingerprint density at radius 1 is 1.42 bits per heavy atom. The smallest absolute Gasteiger partial charge is 0.258 e. The molecule has 2 N–H and O–H groups in total. The molecule has 0 saturated heterocycles. The fourth-order valence-corrected chi connectivity index (χ4v) is 1.81. The van der Waals surface area contributed by atoms with Gasteiger partial charge in [0, 0.05) is 18.6 Å².